The van der Waals surface area contributed by atoms with E-state index in [-0.39, 0.29) is 29.3 Å². The highest BCUT2D eigenvalue weighted by Crippen LogP contribution is 2.35. The van der Waals surface area contributed by atoms with E-state index in [1.807, 2.05) is 29.8 Å². The molecular weight excluding hydrogens is 476 g/mol. The van der Waals surface area contributed by atoms with E-state index < -0.39 is 10.0 Å². The monoisotopic (exact) mass is 510 g/mol. The molecule has 0 aliphatic carbocycles. The van der Waals surface area contributed by atoms with Gasteiger partial charge in [-0.1, -0.05) is 33.8 Å². The standard InChI is InChI=1S/C26H34N6O3S/c1-17-8-23-24(28-16-31(23)30(25(17)33)15-26(2,3)4)22-9-18(6-7-19(22)11-27)12-29-13-21-10-20(29)14-32(21)36(5,34)35/h6-7,9,16-17,20-21H,8,10,12-15H2,1-5H3/t17?,20-,21-/m0/s1. The van der Waals surface area contributed by atoms with Crippen LogP contribution in [-0.4, -0.2) is 71.2 Å². The van der Waals surface area contributed by atoms with E-state index in [2.05, 4.69) is 31.7 Å². The molecule has 0 spiro atoms. The summed E-state index contributed by atoms with van der Waals surface area (Å²) in [4.78, 5) is 20.1. The SMILES string of the molecule is CC1Cc2c(-c3cc(CN4C[C@@H]5C[C@H]4CN5S(C)(=O)=O)ccc3C#N)ncn2N(CC(C)(C)C)C1=O. The van der Waals surface area contributed by atoms with Crippen molar-refractivity contribution in [2.24, 2.45) is 11.3 Å². The van der Waals surface area contributed by atoms with Crippen LogP contribution in [-0.2, 0) is 27.8 Å². The van der Waals surface area contributed by atoms with E-state index in [0.29, 0.717) is 38.2 Å². The molecule has 3 aliphatic heterocycles. The highest BCUT2D eigenvalue weighted by atomic mass is 32.2. The van der Waals surface area contributed by atoms with Crippen LogP contribution in [0.5, 0.6) is 0 Å². The number of likely N-dealkylation sites (tertiary alicyclic amines) is 1. The predicted octanol–water partition coefficient (Wildman–Crippen LogP) is 2.34. The molecule has 4 heterocycles. The zero-order valence-electron chi connectivity index (χ0n) is 21.6. The molecule has 0 saturated carbocycles. The number of hydrogen-bond donors (Lipinski definition) is 0. The third-order valence-electron chi connectivity index (χ3n) is 7.48. The van der Waals surface area contributed by atoms with Crippen molar-refractivity contribution in [2.45, 2.75) is 59.2 Å². The summed E-state index contributed by atoms with van der Waals surface area (Å²) in [5.41, 5.74) is 4.02. The molecule has 192 valence electrons. The number of benzene rings is 1. The van der Waals surface area contributed by atoms with Crippen LogP contribution >= 0.6 is 0 Å². The smallest absolute Gasteiger partial charge is 0.244 e. The molecule has 36 heavy (non-hydrogen) atoms. The second-order valence-electron chi connectivity index (χ2n) is 11.7. The van der Waals surface area contributed by atoms with Gasteiger partial charge in [-0.25, -0.2) is 23.1 Å². The van der Waals surface area contributed by atoms with E-state index in [0.717, 1.165) is 28.9 Å². The summed E-state index contributed by atoms with van der Waals surface area (Å²) in [6.45, 7) is 10.8. The maximum Gasteiger partial charge on any atom is 0.244 e. The zero-order chi connectivity index (χ0) is 26.0. The van der Waals surface area contributed by atoms with Crippen LogP contribution in [0.15, 0.2) is 24.5 Å². The zero-order valence-corrected chi connectivity index (χ0v) is 22.4. The number of fused-ring (bicyclic) bond motifs is 3. The van der Waals surface area contributed by atoms with Gasteiger partial charge in [-0.05, 0) is 29.5 Å². The summed E-state index contributed by atoms with van der Waals surface area (Å²) in [7, 11) is -3.18. The Kier molecular flexibility index (Phi) is 6.01. The number of rotatable bonds is 5. The molecule has 2 saturated heterocycles. The van der Waals surface area contributed by atoms with Crippen LogP contribution in [0.25, 0.3) is 11.3 Å². The number of piperazine rings is 1. The lowest BCUT2D eigenvalue weighted by Gasteiger charge is -2.36. The Morgan fingerprint density at radius 3 is 2.56 bits per heavy atom. The number of hydrogen-bond acceptors (Lipinski definition) is 6. The van der Waals surface area contributed by atoms with E-state index in [4.69, 9.17) is 4.98 Å². The molecule has 2 aromatic rings. The molecule has 5 rings (SSSR count). The van der Waals surface area contributed by atoms with Crippen molar-refractivity contribution < 1.29 is 13.2 Å². The van der Waals surface area contributed by atoms with Crippen molar-refractivity contribution in [3.8, 4) is 17.3 Å². The first-order chi connectivity index (χ1) is 16.9. The molecule has 9 nitrogen and oxygen atoms in total. The maximum absolute atomic E-state index is 13.0. The third-order valence-corrected chi connectivity index (χ3v) is 8.78. The minimum absolute atomic E-state index is 0.0378. The second kappa shape index (κ2) is 8.68. The summed E-state index contributed by atoms with van der Waals surface area (Å²) < 4.78 is 27.6. The van der Waals surface area contributed by atoms with Crippen LogP contribution in [0.3, 0.4) is 0 Å². The lowest BCUT2D eigenvalue weighted by Crippen LogP contribution is -2.51. The average Bonchev–Trinajstić information content (AvgIpc) is 3.50. The summed E-state index contributed by atoms with van der Waals surface area (Å²) >= 11 is 0. The Morgan fingerprint density at radius 1 is 1.19 bits per heavy atom. The Labute approximate surface area is 213 Å². The molecule has 1 amide bonds. The van der Waals surface area contributed by atoms with Gasteiger partial charge in [-0.3, -0.25) is 9.69 Å². The normalized spacial score (nSPS) is 24.8. The molecule has 3 atom stereocenters. The van der Waals surface area contributed by atoms with Crippen LogP contribution < -0.4 is 5.01 Å². The first-order valence-corrected chi connectivity index (χ1v) is 14.3. The molecule has 2 fully saturated rings. The number of carbonyl (C=O) groups is 1. The van der Waals surface area contributed by atoms with Crippen molar-refractivity contribution >= 4 is 15.9 Å². The highest BCUT2D eigenvalue weighted by molar-refractivity contribution is 7.88. The van der Waals surface area contributed by atoms with E-state index in [1.54, 1.807) is 15.6 Å². The molecular formula is C26H34N6O3S. The molecule has 1 aromatic carbocycles. The van der Waals surface area contributed by atoms with E-state index >= 15 is 0 Å². The lowest BCUT2D eigenvalue weighted by molar-refractivity contribution is -0.124. The lowest BCUT2D eigenvalue weighted by atomic mass is 9.93. The fourth-order valence-corrected chi connectivity index (χ4v) is 7.00. The Bertz CT molecular complexity index is 1350. The number of carbonyl (C=O) groups excluding carboxylic acids is 1. The summed E-state index contributed by atoms with van der Waals surface area (Å²) in [5, 5.41) is 11.6. The molecule has 0 N–H and O–H groups in total. The molecule has 3 aliphatic rings. The van der Waals surface area contributed by atoms with Gasteiger partial charge in [0.2, 0.25) is 15.9 Å². The largest absolute Gasteiger partial charge is 0.293 e. The number of nitriles is 1. The van der Waals surface area contributed by atoms with E-state index in [9.17, 15) is 18.5 Å². The van der Waals surface area contributed by atoms with Gasteiger partial charge < -0.3 is 0 Å². The molecule has 1 unspecified atom stereocenters. The van der Waals surface area contributed by atoms with Gasteiger partial charge in [0.15, 0.2) is 0 Å². The quantitative estimate of drug-likeness (QED) is 0.612. The van der Waals surface area contributed by atoms with Crippen molar-refractivity contribution in [3.63, 3.8) is 0 Å². The molecule has 10 heteroatoms. The first-order valence-electron chi connectivity index (χ1n) is 12.5. The highest BCUT2D eigenvalue weighted by Gasteiger charge is 2.46. The van der Waals surface area contributed by atoms with Crippen LogP contribution in [0.2, 0.25) is 0 Å². The number of sulfonamides is 1. The van der Waals surface area contributed by atoms with Crippen molar-refractivity contribution in [1.82, 2.24) is 18.9 Å². The number of aromatic nitrogens is 2. The average molecular weight is 511 g/mol. The predicted molar refractivity (Wildman–Crippen MR) is 137 cm³/mol. The van der Waals surface area contributed by atoms with Crippen LogP contribution in [0.4, 0.5) is 0 Å². The fraction of sp³-hybridized carbons (Fsp3) is 0.577. The minimum Gasteiger partial charge on any atom is -0.293 e. The Morgan fingerprint density at radius 2 is 1.94 bits per heavy atom. The Hall–Kier alpha value is -2.74. The van der Waals surface area contributed by atoms with Gasteiger partial charge in [0.1, 0.15) is 6.33 Å². The van der Waals surface area contributed by atoms with Crippen molar-refractivity contribution in [1.29, 1.82) is 5.26 Å². The summed E-state index contributed by atoms with van der Waals surface area (Å²) in [6, 6.07) is 8.42. The van der Waals surface area contributed by atoms with Gasteiger partial charge in [0, 0.05) is 56.2 Å². The van der Waals surface area contributed by atoms with Gasteiger partial charge in [-0.2, -0.15) is 9.57 Å². The third kappa shape index (κ3) is 4.44. The van der Waals surface area contributed by atoms with Gasteiger partial charge >= 0.3 is 0 Å². The summed E-state index contributed by atoms with van der Waals surface area (Å²) in [5.74, 6) is -0.0789. The van der Waals surface area contributed by atoms with Gasteiger partial charge in [0.25, 0.3) is 0 Å². The molecule has 2 bridgehead atoms. The van der Waals surface area contributed by atoms with Crippen LogP contribution in [0, 0.1) is 22.7 Å². The number of nitrogens with zero attached hydrogens (tertiary/aromatic N) is 6. The molecule has 1 aromatic heterocycles. The second-order valence-corrected chi connectivity index (χ2v) is 13.7. The molecule has 0 radical (unpaired) electrons. The maximum atomic E-state index is 13.0. The number of amides is 1. The van der Waals surface area contributed by atoms with Gasteiger partial charge in [0.05, 0.1) is 29.3 Å². The van der Waals surface area contributed by atoms with Crippen molar-refractivity contribution in [3.05, 3.63) is 41.3 Å². The Balaban J connectivity index is 1.44. The number of imidazole rings is 1. The topological polar surface area (TPSA) is 103 Å². The van der Waals surface area contributed by atoms with Gasteiger partial charge in [-0.15, -0.1) is 0 Å². The fourth-order valence-electron chi connectivity index (χ4n) is 5.86. The van der Waals surface area contributed by atoms with Crippen LogP contribution in [0.1, 0.15) is 50.9 Å². The first kappa shape index (κ1) is 24.9. The van der Waals surface area contributed by atoms with E-state index in [1.165, 1.54) is 6.26 Å². The summed E-state index contributed by atoms with van der Waals surface area (Å²) in [6.07, 6.45) is 4.42. The van der Waals surface area contributed by atoms with Crippen molar-refractivity contribution in [2.75, 3.05) is 30.9 Å². The minimum atomic E-state index is -3.18.